The molecular formula is C30H29FN4OS. The van der Waals surface area contributed by atoms with Gasteiger partial charge in [0.2, 0.25) is 0 Å². The number of hydrogen-bond acceptors (Lipinski definition) is 5. The van der Waals surface area contributed by atoms with Crippen LogP contribution in [0.25, 0.3) is 22.7 Å². The summed E-state index contributed by atoms with van der Waals surface area (Å²) in [6, 6.07) is 16.8. The highest BCUT2D eigenvalue weighted by molar-refractivity contribution is 7.80. The van der Waals surface area contributed by atoms with Crippen molar-refractivity contribution in [1.29, 1.82) is 0 Å². The molecule has 1 fully saturated rings. The number of rotatable bonds is 6. The van der Waals surface area contributed by atoms with Gasteiger partial charge in [0.05, 0.1) is 27.5 Å². The SMILES string of the molecule is C/C=C/C=C/c1ncn(-c2ccc3nc(CN4CCC(c5ccc(F)cc5)CC4)ccc3c2)c(=O)c1S. The van der Waals surface area contributed by atoms with Crippen LogP contribution in [0, 0.1) is 5.82 Å². The second-order valence-corrected chi connectivity index (χ2v) is 9.77. The van der Waals surface area contributed by atoms with Crippen LogP contribution in [-0.2, 0) is 6.54 Å². The summed E-state index contributed by atoms with van der Waals surface area (Å²) < 4.78 is 14.7. The molecule has 37 heavy (non-hydrogen) atoms. The number of benzene rings is 2. The Kier molecular flexibility index (Phi) is 7.63. The largest absolute Gasteiger partial charge is 0.297 e. The van der Waals surface area contributed by atoms with Gasteiger partial charge in [-0.05, 0) is 86.8 Å². The van der Waals surface area contributed by atoms with Gasteiger partial charge in [-0.25, -0.2) is 9.37 Å². The number of likely N-dealkylation sites (tertiary alicyclic amines) is 1. The molecule has 4 aromatic rings. The number of thiol groups is 1. The Hall–Kier alpha value is -3.55. The second kappa shape index (κ2) is 11.2. The van der Waals surface area contributed by atoms with Gasteiger partial charge in [0, 0.05) is 11.9 Å². The molecule has 0 atom stereocenters. The molecule has 0 N–H and O–H groups in total. The standard InChI is InChI=1S/C30H29FN4OS/c1-2-3-4-5-28-29(37)30(36)35(20-32-28)26-12-13-27-23(18-26)8-11-25(33-27)19-34-16-14-22(15-17-34)21-6-9-24(31)10-7-21/h2-13,18,20,22,37H,14-17,19H2,1H3/b3-2+,5-4+. The summed E-state index contributed by atoms with van der Waals surface area (Å²) in [4.78, 5) is 24.9. The third-order valence-electron chi connectivity index (χ3n) is 6.86. The number of fused-ring (bicyclic) bond motifs is 1. The minimum absolute atomic E-state index is 0.183. The molecule has 5 nitrogen and oxygen atoms in total. The fourth-order valence-corrected chi connectivity index (χ4v) is 5.04. The summed E-state index contributed by atoms with van der Waals surface area (Å²) in [6.07, 6.45) is 11.0. The molecule has 5 rings (SSSR count). The van der Waals surface area contributed by atoms with Gasteiger partial charge in [0.15, 0.2) is 0 Å². The highest BCUT2D eigenvalue weighted by Crippen LogP contribution is 2.29. The number of allylic oxidation sites excluding steroid dienone is 3. The summed E-state index contributed by atoms with van der Waals surface area (Å²) in [6.45, 7) is 4.70. The van der Waals surface area contributed by atoms with E-state index >= 15 is 0 Å². The Labute approximate surface area is 221 Å². The van der Waals surface area contributed by atoms with E-state index in [0.29, 0.717) is 16.5 Å². The van der Waals surface area contributed by atoms with Crippen molar-refractivity contribution in [2.75, 3.05) is 13.1 Å². The number of nitrogens with zero attached hydrogens (tertiary/aromatic N) is 4. The third-order valence-corrected chi connectivity index (χ3v) is 7.28. The van der Waals surface area contributed by atoms with E-state index in [-0.39, 0.29) is 11.4 Å². The Bertz CT molecular complexity index is 1520. The van der Waals surface area contributed by atoms with Crippen LogP contribution in [0.5, 0.6) is 0 Å². The lowest BCUT2D eigenvalue weighted by Crippen LogP contribution is -2.32. The number of pyridine rings is 1. The van der Waals surface area contributed by atoms with Crippen molar-refractivity contribution < 1.29 is 4.39 Å². The van der Waals surface area contributed by atoms with Gasteiger partial charge in [-0.1, -0.05) is 36.4 Å². The summed E-state index contributed by atoms with van der Waals surface area (Å²) in [5, 5.41) is 0.959. The number of aromatic nitrogens is 3. The lowest BCUT2D eigenvalue weighted by molar-refractivity contribution is 0.202. The molecule has 0 unspecified atom stereocenters. The van der Waals surface area contributed by atoms with Crippen molar-refractivity contribution in [1.82, 2.24) is 19.4 Å². The first-order chi connectivity index (χ1) is 18.0. The zero-order valence-corrected chi connectivity index (χ0v) is 21.6. The first-order valence-electron chi connectivity index (χ1n) is 12.5. The summed E-state index contributed by atoms with van der Waals surface area (Å²) in [5.41, 5.74) is 4.18. The van der Waals surface area contributed by atoms with Crippen LogP contribution in [0.1, 0.15) is 42.6 Å². The van der Waals surface area contributed by atoms with Crippen LogP contribution in [0.2, 0.25) is 0 Å². The molecule has 1 aliphatic rings. The molecular weight excluding hydrogens is 483 g/mol. The third kappa shape index (κ3) is 5.73. The Morgan fingerprint density at radius 1 is 1.05 bits per heavy atom. The van der Waals surface area contributed by atoms with Crippen molar-refractivity contribution in [3.05, 3.63) is 112 Å². The summed E-state index contributed by atoms with van der Waals surface area (Å²) >= 11 is 4.41. The Morgan fingerprint density at radius 2 is 1.84 bits per heavy atom. The summed E-state index contributed by atoms with van der Waals surface area (Å²) in [7, 11) is 0. The van der Waals surface area contributed by atoms with E-state index in [1.54, 1.807) is 18.2 Å². The number of halogens is 1. The number of piperidine rings is 1. The summed E-state index contributed by atoms with van der Waals surface area (Å²) in [5.74, 6) is 0.297. The van der Waals surface area contributed by atoms with Gasteiger partial charge < -0.3 is 0 Å². The van der Waals surface area contributed by atoms with Gasteiger partial charge >= 0.3 is 0 Å². The predicted octanol–water partition coefficient (Wildman–Crippen LogP) is 6.18. The van der Waals surface area contributed by atoms with Crippen molar-refractivity contribution in [3.8, 4) is 5.69 Å². The van der Waals surface area contributed by atoms with Crippen LogP contribution in [0.15, 0.2) is 88.8 Å². The highest BCUT2D eigenvalue weighted by Gasteiger charge is 2.21. The molecule has 2 aromatic heterocycles. The topological polar surface area (TPSA) is 51.0 Å². The van der Waals surface area contributed by atoms with Gasteiger partial charge in [-0.3, -0.25) is 19.2 Å². The molecule has 1 saturated heterocycles. The molecule has 0 saturated carbocycles. The van der Waals surface area contributed by atoms with E-state index in [1.165, 1.54) is 16.5 Å². The normalized spacial score (nSPS) is 15.3. The molecule has 0 bridgehead atoms. The quantitative estimate of drug-likeness (QED) is 0.248. The molecule has 3 heterocycles. The molecule has 1 aliphatic heterocycles. The van der Waals surface area contributed by atoms with Crippen LogP contribution < -0.4 is 5.56 Å². The maximum absolute atomic E-state index is 13.2. The zero-order valence-electron chi connectivity index (χ0n) is 20.7. The van der Waals surface area contributed by atoms with E-state index in [9.17, 15) is 9.18 Å². The fraction of sp³-hybridized carbons (Fsp3) is 0.233. The fourth-order valence-electron chi connectivity index (χ4n) is 4.80. The lowest BCUT2D eigenvalue weighted by Gasteiger charge is -2.32. The molecule has 0 amide bonds. The monoisotopic (exact) mass is 512 g/mol. The lowest BCUT2D eigenvalue weighted by atomic mass is 9.89. The molecule has 0 spiro atoms. The Morgan fingerprint density at radius 3 is 2.59 bits per heavy atom. The molecule has 7 heteroatoms. The predicted molar refractivity (Wildman–Crippen MR) is 150 cm³/mol. The van der Waals surface area contributed by atoms with E-state index < -0.39 is 0 Å². The van der Waals surface area contributed by atoms with Gasteiger partial charge in [0.1, 0.15) is 12.1 Å². The van der Waals surface area contributed by atoms with Crippen LogP contribution in [0.4, 0.5) is 4.39 Å². The number of hydrogen-bond donors (Lipinski definition) is 1. The van der Waals surface area contributed by atoms with E-state index in [1.807, 2.05) is 55.5 Å². The molecule has 188 valence electrons. The van der Waals surface area contributed by atoms with Crippen molar-refractivity contribution >= 4 is 29.6 Å². The Balaban J connectivity index is 1.28. The molecule has 0 aliphatic carbocycles. The zero-order chi connectivity index (χ0) is 25.8. The maximum Gasteiger partial charge on any atom is 0.271 e. The van der Waals surface area contributed by atoms with Crippen LogP contribution in [-0.4, -0.2) is 32.5 Å². The van der Waals surface area contributed by atoms with Crippen molar-refractivity contribution in [2.45, 2.75) is 37.1 Å². The van der Waals surface area contributed by atoms with E-state index in [2.05, 4.69) is 34.6 Å². The van der Waals surface area contributed by atoms with E-state index in [4.69, 9.17) is 4.98 Å². The smallest absolute Gasteiger partial charge is 0.271 e. The van der Waals surface area contributed by atoms with E-state index in [0.717, 1.165) is 54.8 Å². The molecule has 0 radical (unpaired) electrons. The van der Waals surface area contributed by atoms with Crippen LogP contribution >= 0.6 is 12.6 Å². The first kappa shape index (κ1) is 25.1. The van der Waals surface area contributed by atoms with Gasteiger partial charge in [-0.15, -0.1) is 12.6 Å². The second-order valence-electron chi connectivity index (χ2n) is 9.32. The minimum atomic E-state index is -0.216. The molecule has 2 aromatic carbocycles. The van der Waals surface area contributed by atoms with Gasteiger partial charge in [-0.2, -0.15) is 0 Å². The first-order valence-corrected chi connectivity index (χ1v) is 12.9. The van der Waals surface area contributed by atoms with Gasteiger partial charge in [0.25, 0.3) is 5.56 Å². The highest BCUT2D eigenvalue weighted by atomic mass is 32.1. The minimum Gasteiger partial charge on any atom is -0.297 e. The average molecular weight is 513 g/mol. The average Bonchev–Trinajstić information content (AvgIpc) is 2.92. The maximum atomic E-state index is 13.2. The van der Waals surface area contributed by atoms with Crippen molar-refractivity contribution in [2.24, 2.45) is 0 Å². The van der Waals surface area contributed by atoms with Crippen LogP contribution in [0.3, 0.4) is 0 Å². The van der Waals surface area contributed by atoms with Crippen molar-refractivity contribution in [3.63, 3.8) is 0 Å².